The van der Waals surface area contributed by atoms with E-state index in [9.17, 15) is 14.9 Å². The maximum atomic E-state index is 11.3. The number of hydrogen-bond donors (Lipinski definition) is 0. The van der Waals surface area contributed by atoms with Gasteiger partial charge in [0.05, 0.1) is 11.5 Å². The molecule has 0 amide bonds. The highest BCUT2D eigenvalue weighted by molar-refractivity contribution is 5.71. The van der Waals surface area contributed by atoms with Crippen LogP contribution in [0.5, 0.6) is 0 Å². The largest absolute Gasteiger partial charge is 0.466 e. The molecule has 0 unspecified atom stereocenters. The van der Waals surface area contributed by atoms with Crippen LogP contribution in [0.2, 0.25) is 0 Å². The molecule has 0 saturated heterocycles. The smallest absolute Gasteiger partial charge is 0.315 e. The molecule has 8 nitrogen and oxygen atoms in total. The summed E-state index contributed by atoms with van der Waals surface area (Å²) >= 11 is 0. The van der Waals surface area contributed by atoms with Gasteiger partial charge < -0.3 is 9.26 Å². The number of aryl methyl sites for hydroxylation is 1. The average Bonchev–Trinajstić information content (AvgIpc) is 2.87. The minimum atomic E-state index is -0.497. The summed E-state index contributed by atoms with van der Waals surface area (Å²) in [7, 11) is 0. The van der Waals surface area contributed by atoms with Gasteiger partial charge >= 0.3 is 5.97 Å². The van der Waals surface area contributed by atoms with E-state index in [2.05, 4.69) is 10.1 Å². The Balaban J connectivity index is 2.27. The molecule has 2 rings (SSSR count). The van der Waals surface area contributed by atoms with E-state index >= 15 is 0 Å². The van der Waals surface area contributed by atoms with Crippen LogP contribution in [0.15, 0.2) is 22.7 Å². The number of carbonyl (C=O) groups is 1. The predicted molar refractivity (Wildman–Crippen MR) is 71.5 cm³/mol. The van der Waals surface area contributed by atoms with E-state index in [0.29, 0.717) is 5.56 Å². The number of aromatic nitrogens is 2. The molecular formula is C13H13N3O5. The normalized spacial score (nSPS) is 10.4. The van der Waals surface area contributed by atoms with Gasteiger partial charge in [0.25, 0.3) is 5.69 Å². The maximum absolute atomic E-state index is 11.3. The third-order valence-corrected chi connectivity index (χ3v) is 2.74. The van der Waals surface area contributed by atoms with Crippen molar-refractivity contribution < 1.29 is 19.0 Å². The lowest BCUT2D eigenvalue weighted by Crippen LogP contribution is -2.07. The molecule has 0 bridgehead atoms. The number of rotatable bonds is 5. The quantitative estimate of drug-likeness (QED) is 0.471. The first-order valence-electron chi connectivity index (χ1n) is 6.25. The molecule has 0 radical (unpaired) electrons. The standard InChI is InChI=1S/C13H13N3O5/c1-3-20-12(17)7-11-14-13(15-21-11)10-6-9(16(18)19)5-4-8(10)2/h4-6H,3,7H2,1-2H3. The van der Waals surface area contributed by atoms with Crippen LogP contribution in [0.3, 0.4) is 0 Å². The van der Waals surface area contributed by atoms with Gasteiger partial charge in [-0.15, -0.1) is 0 Å². The Morgan fingerprint density at radius 2 is 2.24 bits per heavy atom. The van der Waals surface area contributed by atoms with Crippen molar-refractivity contribution in [2.75, 3.05) is 6.61 Å². The molecule has 8 heteroatoms. The summed E-state index contributed by atoms with van der Waals surface area (Å²) in [5.41, 5.74) is 1.19. The van der Waals surface area contributed by atoms with Crippen LogP contribution in [0, 0.1) is 17.0 Å². The molecule has 110 valence electrons. The van der Waals surface area contributed by atoms with Gasteiger partial charge in [-0.25, -0.2) is 0 Å². The highest BCUT2D eigenvalue weighted by atomic mass is 16.6. The number of ether oxygens (including phenoxy) is 1. The highest BCUT2D eigenvalue weighted by Crippen LogP contribution is 2.25. The molecule has 0 spiro atoms. The highest BCUT2D eigenvalue weighted by Gasteiger charge is 2.17. The van der Waals surface area contributed by atoms with E-state index in [-0.39, 0.29) is 30.4 Å². The first-order chi connectivity index (χ1) is 10.0. The third kappa shape index (κ3) is 3.41. The van der Waals surface area contributed by atoms with Gasteiger partial charge in [0.1, 0.15) is 6.42 Å². The van der Waals surface area contributed by atoms with Crippen LogP contribution in [0.25, 0.3) is 11.4 Å². The summed E-state index contributed by atoms with van der Waals surface area (Å²) in [6.45, 7) is 3.74. The number of esters is 1. The average molecular weight is 291 g/mol. The number of nitro benzene ring substituents is 1. The Hall–Kier alpha value is -2.77. The second-order valence-corrected chi connectivity index (χ2v) is 4.25. The molecule has 0 N–H and O–H groups in total. The minimum absolute atomic E-state index is 0.0626. The van der Waals surface area contributed by atoms with Gasteiger partial charge in [0.2, 0.25) is 11.7 Å². The molecule has 21 heavy (non-hydrogen) atoms. The van der Waals surface area contributed by atoms with Crippen LogP contribution >= 0.6 is 0 Å². The van der Waals surface area contributed by atoms with Crippen molar-refractivity contribution in [3.63, 3.8) is 0 Å². The first-order valence-corrected chi connectivity index (χ1v) is 6.25. The zero-order valence-corrected chi connectivity index (χ0v) is 11.5. The molecule has 2 aromatic rings. The Bertz CT molecular complexity index is 680. The SMILES string of the molecule is CCOC(=O)Cc1nc(-c2cc([N+](=O)[O-])ccc2C)no1. The van der Waals surface area contributed by atoms with Crippen molar-refractivity contribution in [1.29, 1.82) is 0 Å². The van der Waals surface area contributed by atoms with E-state index in [1.165, 1.54) is 12.1 Å². The fourth-order valence-corrected chi connectivity index (χ4v) is 1.74. The molecule has 1 aromatic heterocycles. The number of hydrogen-bond acceptors (Lipinski definition) is 7. The minimum Gasteiger partial charge on any atom is -0.466 e. The molecule has 1 heterocycles. The van der Waals surface area contributed by atoms with Crippen LogP contribution in [-0.2, 0) is 16.0 Å². The van der Waals surface area contributed by atoms with Crippen LogP contribution < -0.4 is 0 Å². The third-order valence-electron chi connectivity index (χ3n) is 2.74. The summed E-state index contributed by atoms with van der Waals surface area (Å²) < 4.78 is 9.74. The lowest BCUT2D eigenvalue weighted by atomic mass is 10.1. The van der Waals surface area contributed by atoms with E-state index in [1.54, 1.807) is 19.9 Å². The fraction of sp³-hybridized carbons (Fsp3) is 0.308. The topological polar surface area (TPSA) is 108 Å². The second-order valence-electron chi connectivity index (χ2n) is 4.25. The van der Waals surface area contributed by atoms with E-state index < -0.39 is 10.9 Å². The zero-order valence-electron chi connectivity index (χ0n) is 11.5. The van der Waals surface area contributed by atoms with Gasteiger partial charge in [0.15, 0.2) is 0 Å². The van der Waals surface area contributed by atoms with Crippen molar-refractivity contribution in [3.8, 4) is 11.4 Å². The predicted octanol–water partition coefficient (Wildman–Crippen LogP) is 2.06. The van der Waals surface area contributed by atoms with Gasteiger partial charge in [0, 0.05) is 17.7 Å². The summed E-state index contributed by atoms with van der Waals surface area (Å²) in [6.07, 6.45) is -0.130. The molecule has 0 fully saturated rings. The molecule has 0 aliphatic heterocycles. The number of carbonyl (C=O) groups excluding carboxylic acids is 1. The second kappa shape index (κ2) is 6.12. The molecule has 1 aromatic carbocycles. The number of nitro groups is 1. The van der Waals surface area contributed by atoms with Crippen molar-refractivity contribution >= 4 is 11.7 Å². The molecule has 0 aliphatic rings. The van der Waals surface area contributed by atoms with Gasteiger partial charge in [-0.1, -0.05) is 11.2 Å². The summed E-state index contributed by atoms with van der Waals surface area (Å²) in [6, 6.07) is 4.38. The van der Waals surface area contributed by atoms with Crippen LogP contribution in [-0.4, -0.2) is 27.6 Å². The summed E-state index contributed by atoms with van der Waals surface area (Å²) in [4.78, 5) is 25.7. The summed E-state index contributed by atoms with van der Waals surface area (Å²) in [5, 5.41) is 14.5. The van der Waals surface area contributed by atoms with Crippen molar-refractivity contribution in [3.05, 3.63) is 39.8 Å². The molecule has 0 aliphatic carbocycles. The first kappa shape index (κ1) is 14.6. The van der Waals surface area contributed by atoms with Crippen LogP contribution in [0.1, 0.15) is 18.4 Å². The molecule has 0 saturated carbocycles. The fourth-order valence-electron chi connectivity index (χ4n) is 1.74. The Morgan fingerprint density at radius 3 is 2.90 bits per heavy atom. The van der Waals surface area contributed by atoms with Gasteiger partial charge in [-0.05, 0) is 19.4 Å². The van der Waals surface area contributed by atoms with Crippen molar-refractivity contribution in [2.45, 2.75) is 20.3 Å². The monoisotopic (exact) mass is 291 g/mol. The molecular weight excluding hydrogens is 278 g/mol. The number of non-ortho nitro benzene ring substituents is 1. The number of benzene rings is 1. The lowest BCUT2D eigenvalue weighted by Gasteiger charge is -2.00. The Labute approximate surface area is 119 Å². The summed E-state index contributed by atoms with van der Waals surface area (Å²) in [5.74, 6) is -0.159. The van der Waals surface area contributed by atoms with Crippen molar-refractivity contribution in [2.24, 2.45) is 0 Å². The number of nitrogens with zero attached hydrogens (tertiary/aromatic N) is 3. The Morgan fingerprint density at radius 1 is 1.48 bits per heavy atom. The van der Waals surface area contributed by atoms with E-state index in [4.69, 9.17) is 9.26 Å². The van der Waals surface area contributed by atoms with Crippen molar-refractivity contribution in [1.82, 2.24) is 10.1 Å². The van der Waals surface area contributed by atoms with E-state index in [1.807, 2.05) is 0 Å². The van der Waals surface area contributed by atoms with Gasteiger partial charge in [-0.3, -0.25) is 14.9 Å². The van der Waals surface area contributed by atoms with Gasteiger partial charge in [-0.2, -0.15) is 4.98 Å². The zero-order chi connectivity index (χ0) is 15.4. The lowest BCUT2D eigenvalue weighted by molar-refractivity contribution is -0.384. The van der Waals surface area contributed by atoms with Crippen LogP contribution in [0.4, 0.5) is 5.69 Å². The Kier molecular flexibility index (Phi) is 4.27. The maximum Gasteiger partial charge on any atom is 0.315 e. The van der Waals surface area contributed by atoms with E-state index in [0.717, 1.165) is 5.56 Å². The molecule has 0 atom stereocenters.